The molecule has 0 spiro atoms. The third kappa shape index (κ3) is 7.37. The lowest BCUT2D eigenvalue weighted by molar-refractivity contribution is -0.143. The zero-order chi connectivity index (χ0) is 27.1. The summed E-state index contributed by atoms with van der Waals surface area (Å²) in [4.78, 5) is 37.6. The number of ether oxygens (including phenoxy) is 1. The Bertz CT molecular complexity index is 1270. The molecule has 4 N–H and O–H groups in total. The fourth-order valence-electron chi connectivity index (χ4n) is 3.96. The molecule has 3 aromatic rings. The standard InChI is InChI=1S/C28H30FN3O5/c1-16-12-17(2)24(18(3)13-16)32-28(36)30-23-14-21(29)10-11-22(23)26(33)31-25(27(34)35)19(4)37-15-20-8-6-5-7-9-20/h5-14,19,25H,15H2,1-4H3,(H,31,33)(H,34,35)(H2,30,32,36)/t19?,25-/m0/s1. The molecule has 0 saturated carbocycles. The van der Waals surface area contributed by atoms with Gasteiger partial charge in [-0.15, -0.1) is 0 Å². The van der Waals surface area contributed by atoms with Gasteiger partial charge in [0, 0.05) is 5.69 Å². The van der Waals surface area contributed by atoms with Gasteiger partial charge in [-0.3, -0.25) is 4.79 Å². The quantitative estimate of drug-likeness (QED) is 0.318. The van der Waals surface area contributed by atoms with Crippen molar-refractivity contribution in [1.82, 2.24) is 5.32 Å². The number of aryl methyl sites for hydroxylation is 3. The number of urea groups is 1. The Hall–Kier alpha value is -4.24. The highest BCUT2D eigenvalue weighted by Crippen LogP contribution is 2.23. The molecule has 0 heterocycles. The number of hydrogen-bond acceptors (Lipinski definition) is 4. The van der Waals surface area contributed by atoms with Gasteiger partial charge in [-0.2, -0.15) is 0 Å². The number of carboxylic acids is 1. The predicted molar refractivity (Wildman–Crippen MR) is 139 cm³/mol. The molecule has 3 amide bonds. The lowest BCUT2D eigenvalue weighted by Gasteiger charge is -2.22. The van der Waals surface area contributed by atoms with Crippen molar-refractivity contribution in [3.05, 3.63) is 94.3 Å². The molecule has 0 aromatic heterocycles. The first-order valence-corrected chi connectivity index (χ1v) is 11.7. The van der Waals surface area contributed by atoms with E-state index in [2.05, 4.69) is 16.0 Å². The number of carboxylic acid groups (broad SMARTS) is 1. The lowest BCUT2D eigenvalue weighted by atomic mass is 10.1. The van der Waals surface area contributed by atoms with E-state index >= 15 is 0 Å². The summed E-state index contributed by atoms with van der Waals surface area (Å²) in [5.74, 6) is -2.78. The largest absolute Gasteiger partial charge is 0.480 e. The van der Waals surface area contributed by atoms with E-state index in [-0.39, 0.29) is 17.9 Å². The van der Waals surface area contributed by atoms with Crippen LogP contribution in [0, 0.1) is 26.6 Å². The smallest absolute Gasteiger partial charge is 0.328 e. The number of benzene rings is 3. The monoisotopic (exact) mass is 507 g/mol. The normalized spacial score (nSPS) is 12.4. The van der Waals surface area contributed by atoms with Crippen LogP contribution in [0.2, 0.25) is 0 Å². The van der Waals surface area contributed by atoms with Crippen molar-refractivity contribution >= 4 is 29.3 Å². The molecule has 0 aliphatic rings. The Balaban J connectivity index is 1.74. The van der Waals surface area contributed by atoms with Crippen LogP contribution in [0.15, 0.2) is 60.7 Å². The van der Waals surface area contributed by atoms with Crippen LogP contribution in [-0.4, -0.2) is 35.2 Å². The van der Waals surface area contributed by atoms with Gasteiger partial charge in [0.2, 0.25) is 0 Å². The first kappa shape index (κ1) is 27.3. The molecule has 0 fully saturated rings. The first-order valence-electron chi connectivity index (χ1n) is 11.7. The predicted octanol–water partition coefficient (Wildman–Crippen LogP) is 5.18. The highest BCUT2D eigenvalue weighted by atomic mass is 19.1. The molecule has 37 heavy (non-hydrogen) atoms. The molecule has 2 atom stereocenters. The van der Waals surface area contributed by atoms with Crippen LogP contribution >= 0.6 is 0 Å². The SMILES string of the molecule is Cc1cc(C)c(NC(=O)Nc2cc(F)ccc2C(=O)N[C@H](C(=O)O)C(C)OCc2ccccc2)c(C)c1. The van der Waals surface area contributed by atoms with E-state index in [1.54, 1.807) is 0 Å². The second-order valence-electron chi connectivity index (χ2n) is 8.83. The topological polar surface area (TPSA) is 117 Å². The molecule has 0 aliphatic heterocycles. The highest BCUT2D eigenvalue weighted by molar-refractivity contribution is 6.07. The average molecular weight is 508 g/mol. The van der Waals surface area contributed by atoms with E-state index in [9.17, 15) is 23.9 Å². The maximum Gasteiger partial charge on any atom is 0.328 e. The summed E-state index contributed by atoms with van der Waals surface area (Å²) in [6.45, 7) is 7.33. The third-order valence-electron chi connectivity index (χ3n) is 5.77. The van der Waals surface area contributed by atoms with Gasteiger partial charge < -0.3 is 25.8 Å². The molecule has 194 valence electrons. The van der Waals surface area contributed by atoms with E-state index in [1.807, 2.05) is 63.2 Å². The zero-order valence-corrected chi connectivity index (χ0v) is 21.1. The fourth-order valence-corrected chi connectivity index (χ4v) is 3.96. The maximum absolute atomic E-state index is 14.0. The Morgan fingerprint density at radius 2 is 1.59 bits per heavy atom. The van der Waals surface area contributed by atoms with Gasteiger partial charge in [0.15, 0.2) is 6.04 Å². The summed E-state index contributed by atoms with van der Waals surface area (Å²) < 4.78 is 19.7. The minimum absolute atomic E-state index is 0.101. The number of hydrogen-bond donors (Lipinski definition) is 4. The van der Waals surface area contributed by atoms with Gasteiger partial charge >= 0.3 is 12.0 Å². The number of anilines is 2. The van der Waals surface area contributed by atoms with Gasteiger partial charge in [0.05, 0.1) is 24.0 Å². The van der Waals surface area contributed by atoms with Crippen molar-refractivity contribution in [3.8, 4) is 0 Å². The molecular formula is C28H30FN3O5. The molecule has 0 bridgehead atoms. The number of amides is 3. The summed E-state index contributed by atoms with van der Waals surface area (Å²) in [5.41, 5.74) is 3.97. The highest BCUT2D eigenvalue weighted by Gasteiger charge is 2.29. The molecular weight excluding hydrogens is 477 g/mol. The number of carbonyl (C=O) groups excluding carboxylic acids is 2. The number of nitrogens with one attached hydrogen (secondary N) is 3. The van der Waals surface area contributed by atoms with Crippen molar-refractivity contribution in [2.75, 3.05) is 10.6 Å². The third-order valence-corrected chi connectivity index (χ3v) is 5.77. The van der Waals surface area contributed by atoms with Crippen LogP contribution in [0.4, 0.5) is 20.6 Å². The molecule has 9 heteroatoms. The molecule has 0 aliphatic carbocycles. The van der Waals surface area contributed by atoms with Crippen molar-refractivity contribution in [3.63, 3.8) is 0 Å². The lowest BCUT2D eigenvalue weighted by Crippen LogP contribution is -2.48. The molecule has 0 saturated heterocycles. The van der Waals surface area contributed by atoms with E-state index in [1.165, 1.54) is 13.0 Å². The molecule has 1 unspecified atom stereocenters. The van der Waals surface area contributed by atoms with Gasteiger partial charge in [0.1, 0.15) is 5.82 Å². The molecule has 3 rings (SSSR count). The Kier molecular flexibility index (Phi) is 8.97. The average Bonchev–Trinajstić information content (AvgIpc) is 2.83. The fraction of sp³-hybridized carbons (Fsp3) is 0.250. The second-order valence-corrected chi connectivity index (χ2v) is 8.83. The minimum Gasteiger partial charge on any atom is -0.480 e. The zero-order valence-electron chi connectivity index (χ0n) is 21.1. The van der Waals surface area contributed by atoms with Crippen LogP contribution in [-0.2, 0) is 16.1 Å². The minimum atomic E-state index is -1.39. The van der Waals surface area contributed by atoms with Crippen LogP contribution in [0.5, 0.6) is 0 Å². The maximum atomic E-state index is 14.0. The summed E-state index contributed by atoms with van der Waals surface area (Å²) in [6, 6.07) is 14.2. The first-order chi connectivity index (χ1) is 17.5. The molecule has 0 radical (unpaired) electrons. The van der Waals surface area contributed by atoms with Crippen molar-refractivity contribution < 1.29 is 28.6 Å². The number of halogens is 1. The van der Waals surface area contributed by atoms with Crippen LogP contribution in [0.3, 0.4) is 0 Å². The van der Waals surface area contributed by atoms with Crippen LogP contribution in [0.1, 0.15) is 39.5 Å². The van der Waals surface area contributed by atoms with Crippen LogP contribution in [0.25, 0.3) is 0 Å². The number of rotatable bonds is 9. The van der Waals surface area contributed by atoms with Crippen LogP contribution < -0.4 is 16.0 Å². The Morgan fingerprint density at radius 1 is 0.946 bits per heavy atom. The Labute approximate surface area is 214 Å². The van der Waals surface area contributed by atoms with Crippen molar-refractivity contribution in [2.45, 2.75) is 46.4 Å². The summed E-state index contributed by atoms with van der Waals surface area (Å²) in [6.07, 6.45) is -0.880. The van der Waals surface area contributed by atoms with E-state index < -0.39 is 35.9 Å². The van der Waals surface area contributed by atoms with Gasteiger partial charge in [-0.1, -0.05) is 48.0 Å². The summed E-state index contributed by atoms with van der Waals surface area (Å²) in [7, 11) is 0. The van der Waals surface area contributed by atoms with Gasteiger partial charge in [-0.05, 0) is 62.6 Å². The van der Waals surface area contributed by atoms with Gasteiger partial charge in [-0.25, -0.2) is 14.0 Å². The second kappa shape index (κ2) is 12.1. The van der Waals surface area contributed by atoms with Crippen molar-refractivity contribution in [1.29, 1.82) is 0 Å². The molecule has 8 nitrogen and oxygen atoms in total. The van der Waals surface area contributed by atoms with E-state index in [4.69, 9.17) is 4.74 Å². The number of aliphatic carboxylic acids is 1. The van der Waals surface area contributed by atoms with Gasteiger partial charge in [0.25, 0.3) is 5.91 Å². The summed E-state index contributed by atoms with van der Waals surface area (Å²) >= 11 is 0. The van der Waals surface area contributed by atoms with E-state index in [0.717, 1.165) is 34.4 Å². The number of carbonyl (C=O) groups is 3. The summed E-state index contributed by atoms with van der Waals surface area (Å²) in [5, 5.41) is 17.3. The Morgan fingerprint density at radius 3 is 2.22 bits per heavy atom. The molecule has 3 aromatic carbocycles. The van der Waals surface area contributed by atoms with Crippen molar-refractivity contribution in [2.24, 2.45) is 0 Å². The van der Waals surface area contributed by atoms with E-state index in [0.29, 0.717) is 5.69 Å².